The van der Waals surface area contributed by atoms with E-state index in [0.29, 0.717) is 0 Å². The molecule has 0 fully saturated rings. The van der Waals surface area contributed by atoms with Gasteiger partial charge in [-0.05, 0) is 56.4 Å². The zero-order chi connectivity index (χ0) is 14.0. The Hall–Kier alpha value is -1.60. The first kappa shape index (κ1) is 13.8. The van der Waals surface area contributed by atoms with E-state index in [-0.39, 0.29) is 6.04 Å². The monoisotopic (exact) mass is 253 g/mol. The van der Waals surface area contributed by atoms with Crippen LogP contribution in [0.15, 0.2) is 36.4 Å². The van der Waals surface area contributed by atoms with E-state index >= 15 is 0 Å². The first-order chi connectivity index (χ1) is 8.97. The van der Waals surface area contributed by atoms with Crippen LogP contribution in [0.4, 0.5) is 0 Å². The maximum atomic E-state index is 6.40. The van der Waals surface area contributed by atoms with E-state index in [2.05, 4.69) is 64.1 Å². The van der Waals surface area contributed by atoms with Gasteiger partial charge < -0.3 is 5.73 Å². The number of rotatable bonds is 3. The predicted octanol–water partition coefficient (Wildman–Crippen LogP) is 4.16. The predicted molar refractivity (Wildman–Crippen MR) is 82.5 cm³/mol. The molecule has 2 rings (SSSR count). The molecule has 0 heterocycles. The summed E-state index contributed by atoms with van der Waals surface area (Å²) in [6.07, 6.45) is 0.896. The Morgan fingerprint density at radius 2 is 1.58 bits per heavy atom. The number of aryl methyl sites for hydroxylation is 3. The van der Waals surface area contributed by atoms with Crippen molar-refractivity contribution < 1.29 is 0 Å². The van der Waals surface area contributed by atoms with Gasteiger partial charge in [-0.15, -0.1) is 0 Å². The van der Waals surface area contributed by atoms with Crippen molar-refractivity contribution in [3.8, 4) is 0 Å². The van der Waals surface area contributed by atoms with Crippen LogP contribution in [0.2, 0.25) is 0 Å². The number of hydrogen-bond donors (Lipinski definition) is 1. The molecular formula is C18H23N. The molecule has 0 saturated heterocycles. The Morgan fingerprint density at radius 3 is 2.21 bits per heavy atom. The van der Waals surface area contributed by atoms with Crippen LogP contribution in [-0.2, 0) is 6.42 Å². The summed E-state index contributed by atoms with van der Waals surface area (Å²) in [5, 5.41) is 0. The Balaban J connectivity index is 2.25. The lowest BCUT2D eigenvalue weighted by atomic mass is 9.93. The topological polar surface area (TPSA) is 26.0 Å². The molecule has 0 radical (unpaired) electrons. The SMILES string of the molecule is Cc1cc(C)cc(CC(N)c2cccc(C)c2C)c1. The molecule has 1 heteroatoms. The molecule has 0 aliphatic rings. The lowest BCUT2D eigenvalue weighted by Gasteiger charge is -2.17. The molecule has 0 spiro atoms. The minimum absolute atomic E-state index is 0.0705. The summed E-state index contributed by atoms with van der Waals surface area (Å²) in [5.41, 5.74) is 14.2. The second-order valence-electron chi connectivity index (χ2n) is 5.60. The molecule has 1 nitrogen and oxygen atoms in total. The van der Waals surface area contributed by atoms with Crippen LogP contribution in [0.1, 0.15) is 39.4 Å². The van der Waals surface area contributed by atoms with Gasteiger partial charge in [0.1, 0.15) is 0 Å². The van der Waals surface area contributed by atoms with Gasteiger partial charge in [0.25, 0.3) is 0 Å². The third kappa shape index (κ3) is 3.24. The number of benzene rings is 2. The molecule has 2 aromatic carbocycles. The standard InChI is InChI=1S/C18H23N/c1-12-8-13(2)10-16(9-12)11-18(19)17-7-5-6-14(3)15(17)4/h5-10,18H,11,19H2,1-4H3. The van der Waals surface area contributed by atoms with Crippen LogP contribution in [0.5, 0.6) is 0 Å². The molecule has 1 atom stereocenters. The van der Waals surface area contributed by atoms with Crippen molar-refractivity contribution in [3.63, 3.8) is 0 Å². The fraction of sp³-hybridized carbons (Fsp3) is 0.333. The van der Waals surface area contributed by atoms with Gasteiger partial charge in [0, 0.05) is 6.04 Å². The van der Waals surface area contributed by atoms with E-state index < -0.39 is 0 Å². The van der Waals surface area contributed by atoms with Crippen LogP contribution in [0, 0.1) is 27.7 Å². The van der Waals surface area contributed by atoms with Gasteiger partial charge >= 0.3 is 0 Å². The molecular weight excluding hydrogens is 230 g/mol. The van der Waals surface area contributed by atoms with E-state index in [9.17, 15) is 0 Å². The summed E-state index contributed by atoms with van der Waals surface area (Å²) in [6, 6.07) is 13.1. The summed E-state index contributed by atoms with van der Waals surface area (Å²) >= 11 is 0. The van der Waals surface area contributed by atoms with Crippen LogP contribution in [-0.4, -0.2) is 0 Å². The second-order valence-corrected chi connectivity index (χ2v) is 5.60. The van der Waals surface area contributed by atoms with Crippen molar-refractivity contribution in [1.82, 2.24) is 0 Å². The molecule has 2 aromatic rings. The molecule has 0 bridgehead atoms. The molecule has 0 aromatic heterocycles. The lowest BCUT2D eigenvalue weighted by molar-refractivity contribution is 0.714. The lowest BCUT2D eigenvalue weighted by Crippen LogP contribution is -2.15. The Kier molecular flexibility index (Phi) is 4.06. The largest absolute Gasteiger partial charge is 0.324 e. The highest BCUT2D eigenvalue weighted by Crippen LogP contribution is 2.22. The third-order valence-electron chi connectivity index (χ3n) is 3.78. The fourth-order valence-corrected chi connectivity index (χ4v) is 2.73. The van der Waals surface area contributed by atoms with E-state index in [4.69, 9.17) is 5.73 Å². The van der Waals surface area contributed by atoms with E-state index in [0.717, 1.165) is 6.42 Å². The smallest absolute Gasteiger partial charge is 0.0338 e. The van der Waals surface area contributed by atoms with Crippen molar-refractivity contribution in [2.45, 2.75) is 40.2 Å². The minimum Gasteiger partial charge on any atom is -0.324 e. The summed E-state index contributed by atoms with van der Waals surface area (Å²) < 4.78 is 0. The summed E-state index contributed by atoms with van der Waals surface area (Å²) in [4.78, 5) is 0. The zero-order valence-corrected chi connectivity index (χ0v) is 12.3. The average Bonchev–Trinajstić information content (AvgIpc) is 2.31. The summed E-state index contributed by atoms with van der Waals surface area (Å²) in [5.74, 6) is 0. The van der Waals surface area contributed by atoms with E-state index in [1.54, 1.807) is 0 Å². The van der Waals surface area contributed by atoms with Gasteiger partial charge in [0.15, 0.2) is 0 Å². The highest BCUT2D eigenvalue weighted by atomic mass is 14.6. The first-order valence-electron chi connectivity index (χ1n) is 6.86. The van der Waals surface area contributed by atoms with Crippen LogP contribution in [0.3, 0.4) is 0 Å². The van der Waals surface area contributed by atoms with Crippen LogP contribution >= 0.6 is 0 Å². The molecule has 0 aliphatic carbocycles. The third-order valence-corrected chi connectivity index (χ3v) is 3.78. The molecule has 19 heavy (non-hydrogen) atoms. The maximum Gasteiger partial charge on any atom is 0.0338 e. The molecule has 0 amide bonds. The van der Waals surface area contributed by atoms with Gasteiger partial charge in [-0.1, -0.05) is 47.5 Å². The average molecular weight is 253 g/mol. The van der Waals surface area contributed by atoms with Crippen molar-refractivity contribution in [2.75, 3.05) is 0 Å². The molecule has 2 N–H and O–H groups in total. The minimum atomic E-state index is 0.0705. The molecule has 100 valence electrons. The van der Waals surface area contributed by atoms with Gasteiger partial charge in [-0.3, -0.25) is 0 Å². The molecule has 0 aliphatic heterocycles. The van der Waals surface area contributed by atoms with Gasteiger partial charge in [-0.25, -0.2) is 0 Å². The summed E-state index contributed by atoms with van der Waals surface area (Å²) in [7, 11) is 0. The summed E-state index contributed by atoms with van der Waals surface area (Å²) in [6.45, 7) is 8.58. The highest BCUT2D eigenvalue weighted by molar-refractivity contribution is 5.37. The van der Waals surface area contributed by atoms with Gasteiger partial charge in [0.05, 0.1) is 0 Å². The number of nitrogens with two attached hydrogens (primary N) is 1. The maximum absolute atomic E-state index is 6.40. The van der Waals surface area contributed by atoms with Crippen molar-refractivity contribution >= 4 is 0 Å². The van der Waals surface area contributed by atoms with E-state index in [1.807, 2.05) is 0 Å². The van der Waals surface area contributed by atoms with Crippen LogP contribution < -0.4 is 5.73 Å². The van der Waals surface area contributed by atoms with E-state index in [1.165, 1.54) is 33.4 Å². The Bertz CT molecular complexity index is 564. The fourth-order valence-electron chi connectivity index (χ4n) is 2.73. The highest BCUT2D eigenvalue weighted by Gasteiger charge is 2.11. The Morgan fingerprint density at radius 1 is 0.947 bits per heavy atom. The first-order valence-corrected chi connectivity index (χ1v) is 6.86. The van der Waals surface area contributed by atoms with Gasteiger partial charge in [-0.2, -0.15) is 0 Å². The van der Waals surface area contributed by atoms with Crippen molar-refractivity contribution in [3.05, 3.63) is 69.8 Å². The van der Waals surface area contributed by atoms with Crippen molar-refractivity contribution in [2.24, 2.45) is 5.73 Å². The molecule has 0 saturated carbocycles. The van der Waals surface area contributed by atoms with Crippen molar-refractivity contribution in [1.29, 1.82) is 0 Å². The zero-order valence-electron chi connectivity index (χ0n) is 12.3. The second kappa shape index (κ2) is 5.58. The van der Waals surface area contributed by atoms with Crippen LogP contribution in [0.25, 0.3) is 0 Å². The van der Waals surface area contributed by atoms with Gasteiger partial charge in [0.2, 0.25) is 0 Å². The normalized spacial score (nSPS) is 12.5. The Labute approximate surface area is 116 Å². The number of hydrogen-bond acceptors (Lipinski definition) is 1. The quantitative estimate of drug-likeness (QED) is 0.873. The molecule has 1 unspecified atom stereocenters.